The quantitative estimate of drug-likeness (QED) is 0.447. The van der Waals surface area contributed by atoms with Crippen LogP contribution in [0.25, 0.3) is 22.2 Å². The molecule has 5 nitrogen and oxygen atoms in total. The maximum Gasteiger partial charge on any atom is 0.244 e. The van der Waals surface area contributed by atoms with Gasteiger partial charge in [-0.15, -0.1) is 0 Å². The number of nitrogens with one attached hydrogen (secondary N) is 1. The van der Waals surface area contributed by atoms with Gasteiger partial charge < -0.3 is 10.2 Å². The Labute approximate surface area is 195 Å². The molecule has 4 rings (SSSR count). The van der Waals surface area contributed by atoms with Crippen molar-refractivity contribution in [2.24, 2.45) is 0 Å². The van der Waals surface area contributed by atoms with Crippen molar-refractivity contribution in [1.29, 1.82) is 0 Å². The molecule has 1 aliphatic rings. The number of carbonyl (C=O) groups excluding carboxylic acids is 1. The first-order valence-electron chi connectivity index (χ1n) is 11.8. The van der Waals surface area contributed by atoms with E-state index in [0.717, 1.165) is 35.1 Å². The lowest BCUT2D eigenvalue weighted by molar-refractivity contribution is -0.124. The summed E-state index contributed by atoms with van der Waals surface area (Å²) in [4.78, 5) is 15.6. The van der Waals surface area contributed by atoms with Gasteiger partial charge in [0.1, 0.15) is 11.7 Å². The van der Waals surface area contributed by atoms with Crippen LogP contribution in [0.15, 0.2) is 48.5 Å². The molecule has 1 amide bonds. The van der Waals surface area contributed by atoms with E-state index in [4.69, 9.17) is 16.7 Å². The molecule has 0 spiro atoms. The van der Waals surface area contributed by atoms with Crippen molar-refractivity contribution in [2.75, 3.05) is 19.6 Å². The molecule has 2 atom stereocenters. The third-order valence-electron chi connectivity index (χ3n) is 6.60. The highest BCUT2D eigenvalue weighted by molar-refractivity contribution is 6.31. The Morgan fingerprint density at radius 3 is 2.81 bits per heavy atom. The number of benzene rings is 2. The van der Waals surface area contributed by atoms with Crippen LogP contribution in [0.1, 0.15) is 52.0 Å². The standard InChI is InChI=1S/C26H33ClN4O/c1-3-22-12-7-8-16-30(22)17-9-15-28-26(32)19(2)31-24-14-13-21(27)18-23(24)25(29-31)20-10-5-4-6-11-20/h4-6,10-11,13-14,18-19,22H,3,7-9,12,15-17H2,1-2H3,(H,28,32). The molecule has 6 heteroatoms. The fourth-order valence-electron chi connectivity index (χ4n) is 4.79. The molecular weight excluding hydrogens is 420 g/mol. The summed E-state index contributed by atoms with van der Waals surface area (Å²) in [5.74, 6) is -0.00496. The minimum Gasteiger partial charge on any atom is -0.354 e. The number of carbonyl (C=O) groups is 1. The van der Waals surface area contributed by atoms with Crippen LogP contribution in [0.5, 0.6) is 0 Å². The van der Waals surface area contributed by atoms with Gasteiger partial charge in [-0.2, -0.15) is 5.10 Å². The largest absolute Gasteiger partial charge is 0.354 e. The first-order chi connectivity index (χ1) is 15.6. The highest BCUT2D eigenvalue weighted by Crippen LogP contribution is 2.31. The molecule has 2 heterocycles. The summed E-state index contributed by atoms with van der Waals surface area (Å²) in [6, 6.07) is 16.1. The molecule has 1 aromatic heterocycles. The third kappa shape index (κ3) is 5.00. The van der Waals surface area contributed by atoms with Gasteiger partial charge in [0.05, 0.1) is 5.52 Å². The summed E-state index contributed by atoms with van der Waals surface area (Å²) in [5.41, 5.74) is 2.77. The van der Waals surface area contributed by atoms with Crippen molar-refractivity contribution in [2.45, 2.75) is 58.0 Å². The molecule has 0 bridgehead atoms. The van der Waals surface area contributed by atoms with Crippen LogP contribution >= 0.6 is 11.6 Å². The maximum absolute atomic E-state index is 13.0. The molecule has 1 N–H and O–H groups in total. The van der Waals surface area contributed by atoms with Crippen molar-refractivity contribution in [3.63, 3.8) is 0 Å². The minimum absolute atomic E-state index is 0.00496. The van der Waals surface area contributed by atoms with Crippen molar-refractivity contribution < 1.29 is 4.79 Å². The summed E-state index contributed by atoms with van der Waals surface area (Å²) in [7, 11) is 0. The van der Waals surface area contributed by atoms with Crippen LogP contribution in [0.4, 0.5) is 0 Å². The number of halogens is 1. The van der Waals surface area contributed by atoms with E-state index in [9.17, 15) is 4.79 Å². The Morgan fingerprint density at radius 1 is 1.22 bits per heavy atom. The lowest BCUT2D eigenvalue weighted by atomic mass is 10.00. The van der Waals surface area contributed by atoms with Crippen molar-refractivity contribution in [1.82, 2.24) is 20.0 Å². The van der Waals surface area contributed by atoms with E-state index < -0.39 is 6.04 Å². The third-order valence-corrected chi connectivity index (χ3v) is 6.84. The van der Waals surface area contributed by atoms with E-state index in [2.05, 4.69) is 17.1 Å². The molecule has 3 aromatic rings. The van der Waals surface area contributed by atoms with Crippen LogP contribution in [0.2, 0.25) is 5.02 Å². The zero-order valence-corrected chi connectivity index (χ0v) is 19.8. The molecule has 170 valence electrons. The molecule has 1 fully saturated rings. The summed E-state index contributed by atoms with van der Waals surface area (Å²) in [6.07, 6.45) is 6.13. The van der Waals surface area contributed by atoms with Gasteiger partial charge >= 0.3 is 0 Å². The number of likely N-dealkylation sites (tertiary alicyclic amines) is 1. The Hall–Kier alpha value is -2.37. The van der Waals surface area contributed by atoms with Crippen LogP contribution in [0.3, 0.4) is 0 Å². The summed E-state index contributed by atoms with van der Waals surface area (Å²) >= 11 is 6.28. The number of amides is 1. The molecule has 1 aliphatic heterocycles. The molecule has 0 radical (unpaired) electrons. The Balaban J connectivity index is 1.44. The lowest BCUT2D eigenvalue weighted by Gasteiger charge is -2.35. The second-order valence-electron chi connectivity index (χ2n) is 8.74. The van der Waals surface area contributed by atoms with Gasteiger partial charge in [0, 0.05) is 35.1 Å². The highest BCUT2D eigenvalue weighted by atomic mass is 35.5. The normalized spacial score (nSPS) is 18.0. The Bertz CT molecular complexity index is 1050. The van der Waals surface area contributed by atoms with E-state index in [1.54, 1.807) is 0 Å². The number of rotatable bonds is 8. The smallest absolute Gasteiger partial charge is 0.244 e. The predicted molar refractivity (Wildman–Crippen MR) is 132 cm³/mol. The molecule has 1 saturated heterocycles. The number of fused-ring (bicyclic) bond motifs is 1. The topological polar surface area (TPSA) is 50.2 Å². The van der Waals surface area contributed by atoms with Crippen LogP contribution in [-0.4, -0.2) is 46.3 Å². The van der Waals surface area contributed by atoms with Crippen LogP contribution in [0, 0.1) is 0 Å². The summed E-state index contributed by atoms with van der Waals surface area (Å²) in [6.45, 7) is 7.11. The van der Waals surface area contributed by atoms with E-state index in [0.29, 0.717) is 17.6 Å². The van der Waals surface area contributed by atoms with Crippen LogP contribution in [-0.2, 0) is 4.79 Å². The molecule has 2 unspecified atom stereocenters. The van der Waals surface area contributed by atoms with E-state index in [1.807, 2.05) is 60.1 Å². The maximum atomic E-state index is 13.0. The van der Waals surface area contributed by atoms with E-state index in [1.165, 1.54) is 32.2 Å². The second kappa shape index (κ2) is 10.5. The van der Waals surface area contributed by atoms with Gasteiger partial charge in [-0.25, -0.2) is 0 Å². The van der Waals surface area contributed by atoms with Crippen molar-refractivity contribution >= 4 is 28.4 Å². The van der Waals surface area contributed by atoms with Crippen molar-refractivity contribution in [3.8, 4) is 11.3 Å². The fraction of sp³-hybridized carbons (Fsp3) is 0.462. The fourth-order valence-corrected chi connectivity index (χ4v) is 4.96. The van der Waals surface area contributed by atoms with Crippen LogP contribution < -0.4 is 5.32 Å². The zero-order chi connectivity index (χ0) is 22.5. The summed E-state index contributed by atoms with van der Waals surface area (Å²) in [5, 5.41) is 9.58. The molecular formula is C26H33ClN4O. The SMILES string of the molecule is CCC1CCCCN1CCCNC(=O)C(C)n1nc(-c2ccccc2)c2cc(Cl)ccc21. The number of nitrogens with zero attached hydrogens (tertiary/aromatic N) is 3. The van der Waals surface area contributed by atoms with Gasteiger partial charge in [0.2, 0.25) is 5.91 Å². The number of hydrogen-bond donors (Lipinski definition) is 1. The van der Waals surface area contributed by atoms with E-state index in [-0.39, 0.29) is 5.91 Å². The zero-order valence-electron chi connectivity index (χ0n) is 19.1. The first-order valence-corrected chi connectivity index (χ1v) is 12.2. The minimum atomic E-state index is -0.408. The Kier molecular flexibility index (Phi) is 7.48. The number of aromatic nitrogens is 2. The second-order valence-corrected chi connectivity index (χ2v) is 9.17. The molecule has 0 saturated carbocycles. The van der Waals surface area contributed by atoms with Gasteiger partial charge in [-0.05, 0) is 57.4 Å². The molecule has 0 aliphatic carbocycles. The average molecular weight is 453 g/mol. The number of hydrogen-bond acceptors (Lipinski definition) is 3. The van der Waals surface area contributed by atoms with E-state index >= 15 is 0 Å². The lowest BCUT2D eigenvalue weighted by Crippen LogP contribution is -2.41. The van der Waals surface area contributed by atoms with Crippen molar-refractivity contribution in [3.05, 3.63) is 53.6 Å². The van der Waals surface area contributed by atoms with Gasteiger partial charge in [-0.1, -0.05) is 55.3 Å². The first kappa shape index (κ1) is 22.8. The monoisotopic (exact) mass is 452 g/mol. The average Bonchev–Trinajstić information content (AvgIpc) is 3.20. The highest BCUT2D eigenvalue weighted by Gasteiger charge is 2.22. The summed E-state index contributed by atoms with van der Waals surface area (Å²) < 4.78 is 1.82. The van der Waals surface area contributed by atoms with Gasteiger partial charge in [0.25, 0.3) is 0 Å². The predicted octanol–water partition coefficient (Wildman–Crippen LogP) is 5.69. The van der Waals surface area contributed by atoms with Gasteiger partial charge in [0.15, 0.2) is 0 Å². The number of piperidine rings is 1. The Morgan fingerprint density at radius 2 is 2.03 bits per heavy atom. The molecule has 2 aromatic carbocycles. The molecule has 32 heavy (non-hydrogen) atoms. The van der Waals surface area contributed by atoms with Gasteiger partial charge in [-0.3, -0.25) is 9.48 Å².